The first kappa shape index (κ1) is 59.2. The van der Waals surface area contributed by atoms with Gasteiger partial charge in [0.2, 0.25) is 23.7 Å². The lowest BCUT2D eigenvalue weighted by molar-refractivity contribution is -0.120. The van der Waals surface area contributed by atoms with Crippen molar-refractivity contribution in [2.75, 3.05) is 145 Å². The number of para-hydroxylation sites is 1. The second-order valence-electron chi connectivity index (χ2n) is 19.9. The number of hydrogen-bond acceptors (Lipinski definition) is 18. The van der Waals surface area contributed by atoms with E-state index < -0.39 is 0 Å². The van der Waals surface area contributed by atoms with E-state index >= 15 is 0 Å². The van der Waals surface area contributed by atoms with Crippen LogP contribution < -0.4 is 45.4 Å². The first-order chi connectivity index (χ1) is 39.4. The molecule has 1 fully saturated rings. The second-order valence-corrected chi connectivity index (χ2v) is 19.9. The summed E-state index contributed by atoms with van der Waals surface area (Å²) in [4.78, 5) is 65.9. The number of aryl methyl sites for hydroxylation is 1. The largest absolute Gasteiger partial charge is 0.495 e. The van der Waals surface area contributed by atoms with E-state index in [1.54, 1.807) is 56.8 Å². The smallest absolute Gasteiger partial charge is 0.251 e. The number of ether oxygens (including phenoxy) is 6. The third-order valence-electron chi connectivity index (χ3n) is 14.5. The predicted octanol–water partition coefficient (Wildman–Crippen LogP) is 7.42. The van der Waals surface area contributed by atoms with Gasteiger partial charge in [-0.25, -0.2) is 15.0 Å². The molecule has 22 nitrogen and oxygen atoms in total. The first-order valence-electron chi connectivity index (χ1n) is 27.6. The number of amides is 3. The Morgan fingerprint density at radius 2 is 1.46 bits per heavy atom. The van der Waals surface area contributed by atoms with Crippen LogP contribution in [0.5, 0.6) is 11.5 Å². The molecule has 1 saturated carbocycles. The molecule has 1 aliphatic carbocycles. The van der Waals surface area contributed by atoms with Gasteiger partial charge in [-0.1, -0.05) is 44.5 Å². The molecular weight excluding hydrogens is 1030 g/mol. The van der Waals surface area contributed by atoms with E-state index in [9.17, 15) is 14.4 Å². The summed E-state index contributed by atoms with van der Waals surface area (Å²) in [5, 5.41) is 13.5. The van der Waals surface area contributed by atoms with Crippen molar-refractivity contribution < 1.29 is 42.8 Å². The van der Waals surface area contributed by atoms with Crippen LogP contribution in [0.1, 0.15) is 49.4 Å². The number of rotatable bonds is 31. The Bertz CT molecular complexity index is 3100. The number of likely N-dealkylation sites (N-methyl/N-ethyl adjacent to an activating group) is 3. The van der Waals surface area contributed by atoms with Crippen molar-refractivity contribution in [3.8, 4) is 22.8 Å². The molecule has 2 aliphatic rings. The molecule has 1 atom stereocenters. The Balaban J connectivity index is 0.680. The molecule has 81 heavy (non-hydrogen) atoms. The lowest BCUT2D eigenvalue weighted by atomic mass is 10.0. The second kappa shape index (κ2) is 29.0. The number of hydrogen-bond donors (Lipinski definition) is 4. The number of nitrogens with one attached hydrogen (secondary N) is 4. The maximum atomic E-state index is 13.3. The Morgan fingerprint density at radius 1 is 0.778 bits per heavy atom. The zero-order valence-electron chi connectivity index (χ0n) is 47.7. The zero-order valence-corrected chi connectivity index (χ0v) is 47.7. The van der Waals surface area contributed by atoms with Crippen LogP contribution in [0.2, 0.25) is 0 Å². The molecule has 0 saturated heterocycles. The van der Waals surface area contributed by atoms with Crippen LogP contribution >= 0.6 is 0 Å². The number of methoxy groups -OCH3 is 2. The molecule has 0 bridgehead atoms. The Labute approximate surface area is 474 Å². The fourth-order valence-corrected chi connectivity index (χ4v) is 10.0. The van der Waals surface area contributed by atoms with Gasteiger partial charge in [-0.3, -0.25) is 14.4 Å². The van der Waals surface area contributed by atoms with E-state index in [2.05, 4.69) is 75.4 Å². The van der Waals surface area contributed by atoms with E-state index in [1.807, 2.05) is 58.4 Å². The molecular formula is C59H77N13O9. The number of aromatic nitrogens is 5. The summed E-state index contributed by atoms with van der Waals surface area (Å²) in [6.45, 7) is 11.4. The lowest BCUT2D eigenvalue weighted by Crippen LogP contribution is -2.55. The van der Waals surface area contributed by atoms with E-state index in [1.165, 1.54) is 6.08 Å². The average molecular weight is 1110 g/mol. The van der Waals surface area contributed by atoms with Crippen LogP contribution in [0.15, 0.2) is 91.9 Å². The SMILES string of the molecule is C=CC(=O)Nc1cc(Nc2nccc(-c3cn(C)c4ccccc34)n2)c(OC)cc1N(C)CCN(C)CCOCCOCCOCCOCCNC(=O)c1ccc(Nc2ncc3c(n2)N(C2CCCC2)[C@H](CC)C(=O)N3C)c(OC)c1. The molecule has 4 N–H and O–H groups in total. The molecule has 0 radical (unpaired) electrons. The first-order valence-corrected chi connectivity index (χ1v) is 27.6. The summed E-state index contributed by atoms with van der Waals surface area (Å²) in [5.74, 6) is 1.96. The maximum Gasteiger partial charge on any atom is 0.251 e. The molecule has 1 aliphatic heterocycles. The predicted molar refractivity (Wildman–Crippen MR) is 316 cm³/mol. The summed E-state index contributed by atoms with van der Waals surface area (Å²) < 4.78 is 36.4. The standard InChI is InChI=1S/C59H77N13O9/c1-9-48-57(75)71(6)51-38-62-59(67-55(51)72(48)41-15-11-12-16-41)65-45-20-19-40(35-52(45)76-7)56(74)60-23-27-78-29-31-80-33-34-81-32-30-79-28-26-68(3)24-25-69(4)50-37-53(77-8)47(36-46(50)63-54(73)10-2)66-58-61-22-21-44(64-58)43-39-70(5)49-18-14-13-17-42(43)49/h10,13-14,17-22,35-39,41,48H,2,9,11-12,15-16,23-34H2,1,3-8H3,(H,60,74)(H,63,73)(H,61,64,66)(H,62,65,67)/t48-/m1/s1. The monoisotopic (exact) mass is 1110 g/mol. The van der Waals surface area contributed by atoms with Crippen molar-refractivity contribution >= 4 is 74.8 Å². The number of fused-ring (bicyclic) bond motifs is 2. The highest BCUT2D eigenvalue weighted by Gasteiger charge is 2.41. The number of nitrogens with zero attached hydrogens (tertiary/aromatic N) is 9. The minimum Gasteiger partial charge on any atom is -0.495 e. The van der Waals surface area contributed by atoms with Gasteiger partial charge in [0.15, 0.2) is 5.82 Å². The summed E-state index contributed by atoms with van der Waals surface area (Å²) >= 11 is 0. The Morgan fingerprint density at radius 3 is 2.17 bits per heavy atom. The maximum absolute atomic E-state index is 13.3. The fourth-order valence-electron chi connectivity index (χ4n) is 10.0. The molecule has 432 valence electrons. The summed E-state index contributed by atoms with van der Waals surface area (Å²) in [5.41, 5.74) is 6.50. The molecule has 0 unspecified atom stereocenters. The highest BCUT2D eigenvalue weighted by molar-refractivity contribution is 6.05. The molecule has 4 heterocycles. The van der Waals surface area contributed by atoms with Gasteiger partial charge in [0.05, 0.1) is 102 Å². The van der Waals surface area contributed by atoms with Crippen molar-refractivity contribution in [1.82, 2.24) is 34.7 Å². The van der Waals surface area contributed by atoms with Gasteiger partial charge in [-0.2, -0.15) is 4.98 Å². The molecule has 6 aromatic rings. The zero-order chi connectivity index (χ0) is 57.3. The third kappa shape index (κ3) is 15.1. The molecule has 22 heteroatoms. The van der Waals surface area contributed by atoms with Crippen molar-refractivity contribution in [1.29, 1.82) is 0 Å². The van der Waals surface area contributed by atoms with Crippen LogP contribution in [0.3, 0.4) is 0 Å². The van der Waals surface area contributed by atoms with Crippen LogP contribution in [0.25, 0.3) is 22.2 Å². The van der Waals surface area contributed by atoms with Crippen molar-refractivity contribution in [2.45, 2.75) is 51.1 Å². The minimum atomic E-state index is -0.343. The molecule has 8 rings (SSSR count). The van der Waals surface area contributed by atoms with E-state index in [-0.39, 0.29) is 29.8 Å². The van der Waals surface area contributed by atoms with Crippen LogP contribution in [-0.4, -0.2) is 174 Å². The van der Waals surface area contributed by atoms with Gasteiger partial charge < -0.3 is 73.9 Å². The fraction of sp³-hybridized carbons (Fsp3) is 0.441. The van der Waals surface area contributed by atoms with Crippen molar-refractivity contribution in [3.05, 3.63) is 97.5 Å². The van der Waals surface area contributed by atoms with Crippen molar-refractivity contribution in [3.63, 3.8) is 0 Å². The molecule has 0 spiro atoms. The number of benzene rings is 3. The number of anilines is 8. The van der Waals surface area contributed by atoms with Gasteiger partial charge in [-0.15, -0.1) is 0 Å². The van der Waals surface area contributed by atoms with E-state index in [0.717, 1.165) is 65.9 Å². The quantitative estimate of drug-likeness (QED) is 0.0245. The van der Waals surface area contributed by atoms with Crippen LogP contribution in [-0.2, 0) is 35.6 Å². The molecule has 3 amide bonds. The number of carbonyl (C=O) groups is 3. The topological polar surface area (TPSA) is 224 Å². The summed E-state index contributed by atoms with van der Waals surface area (Å²) in [7, 11) is 10.9. The van der Waals surface area contributed by atoms with Gasteiger partial charge in [-0.05, 0) is 68.8 Å². The van der Waals surface area contributed by atoms with E-state index in [0.29, 0.717) is 131 Å². The summed E-state index contributed by atoms with van der Waals surface area (Å²) in [6.07, 6.45) is 11.7. The van der Waals surface area contributed by atoms with Gasteiger partial charge in [0.1, 0.15) is 23.2 Å². The average Bonchev–Trinajstić information content (AvgIpc) is 4.16. The van der Waals surface area contributed by atoms with Crippen LogP contribution in [0, 0.1) is 0 Å². The highest BCUT2D eigenvalue weighted by Crippen LogP contribution is 2.41. The Kier molecular flexibility index (Phi) is 21.2. The minimum absolute atomic E-state index is 0.0594. The lowest BCUT2D eigenvalue weighted by Gasteiger charge is -2.43. The third-order valence-corrected chi connectivity index (χ3v) is 14.5. The number of carbonyl (C=O) groups excluding carboxylic acids is 3. The van der Waals surface area contributed by atoms with Crippen molar-refractivity contribution in [2.24, 2.45) is 7.05 Å². The van der Waals surface area contributed by atoms with Gasteiger partial charge >= 0.3 is 0 Å². The van der Waals surface area contributed by atoms with Crippen LogP contribution in [0.4, 0.5) is 46.2 Å². The normalized spacial score (nSPS) is 14.3. The van der Waals surface area contributed by atoms with E-state index in [4.69, 9.17) is 38.4 Å². The molecule has 3 aromatic carbocycles. The highest BCUT2D eigenvalue weighted by atomic mass is 16.6. The van der Waals surface area contributed by atoms with Gasteiger partial charge in [0, 0.05) is 93.9 Å². The van der Waals surface area contributed by atoms with Gasteiger partial charge in [0.25, 0.3) is 5.91 Å². The Hall–Kier alpha value is -7.89. The summed E-state index contributed by atoms with van der Waals surface area (Å²) in [6, 6.07) is 18.9. The molecule has 3 aromatic heterocycles.